The smallest absolute Gasteiger partial charge is 0.304 e. The molecule has 2 rings (SSSR count). The molecule has 1 fully saturated rings. The fraction of sp³-hybridized carbons (Fsp3) is 0.583. The van der Waals surface area contributed by atoms with Gasteiger partial charge in [-0.05, 0) is 31.4 Å². The Balaban J connectivity index is 2.11. The van der Waals surface area contributed by atoms with E-state index in [0.29, 0.717) is 6.42 Å². The molecular formula is C12H16O2S. The molecule has 15 heavy (non-hydrogen) atoms. The predicted molar refractivity (Wildman–Crippen MR) is 61.5 cm³/mol. The Morgan fingerprint density at radius 2 is 2.27 bits per heavy atom. The van der Waals surface area contributed by atoms with Gasteiger partial charge in [-0.3, -0.25) is 4.79 Å². The molecule has 2 nitrogen and oxygen atoms in total. The molecule has 1 aromatic heterocycles. The first-order valence-electron chi connectivity index (χ1n) is 5.47. The molecule has 0 bridgehead atoms. The van der Waals surface area contributed by atoms with Crippen molar-refractivity contribution < 1.29 is 9.90 Å². The van der Waals surface area contributed by atoms with Gasteiger partial charge in [-0.25, -0.2) is 0 Å². The molecule has 0 aliphatic heterocycles. The Bertz CT molecular complexity index is 363. The summed E-state index contributed by atoms with van der Waals surface area (Å²) in [4.78, 5) is 13.4. The third-order valence-corrected chi connectivity index (χ3v) is 4.42. The van der Waals surface area contributed by atoms with Crippen LogP contribution in [0.15, 0.2) is 12.1 Å². The van der Waals surface area contributed by atoms with E-state index in [0.717, 1.165) is 25.7 Å². The molecule has 1 N–H and O–H groups in total. The van der Waals surface area contributed by atoms with Gasteiger partial charge in [-0.2, -0.15) is 0 Å². The van der Waals surface area contributed by atoms with Crippen LogP contribution >= 0.6 is 11.3 Å². The minimum Gasteiger partial charge on any atom is -0.481 e. The van der Waals surface area contributed by atoms with Crippen LogP contribution in [-0.4, -0.2) is 11.1 Å². The maximum absolute atomic E-state index is 10.8. The van der Waals surface area contributed by atoms with E-state index in [1.54, 1.807) is 11.3 Å². The van der Waals surface area contributed by atoms with Crippen molar-refractivity contribution >= 4 is 17.3 Å². The number of hydrogen-bond donors (Lipinski definition) is 1. The maximum Gasteiger partial charge on any atom is 0.304 e. The number of rotatable bonds is 5. The van der Waals surface area contributed by atoms with Gasteiger partial charge in [0.2, 0.25) is 0 Å². The summed E-state index contributed by atoms with van der Waals surface area (Å²) in [6.07, 6.45) is 4.68. The summed E-state index contributed by atoms with van der Waals surface area (Å²) in [5.41, 5.74) is 0.00247. The van der Waals surface area contributed by atoms with Crippen molar-refractivity contribution in [1.82, 2.24) is 0 Å². The number of thiophene rings is 1. The number of carbonyl (C=O) groups is 1. The molecule has 0 unspecified atom stereocenters. The third kappa shape index (κ3) is 2.23. The van der Waals surface area contributed by atoms with Gasteiger partial charge >= 0.3 is 5.97 Å². The van der Waals surface area contributed by atoms with Crippen LogP contribution in [0, 0.1) is 0 Å². The number of hydrogen-bond acceptors (Lipinski definition) is 2. The summed E-state index contributed by atoms with van der Waals surface area (Å²) < 4.78 is 0. The highest BCUT2D eigenvalue weighted by molar-refractivity contribution is 7.12. The van der Waals surface area contributed by atoms with Crippen molar-refractivity contribution in [2.45, 2.75) is 44.4 Å². The lowest BCUT2D eigenvalue weighted by atomic mass is 10.0. The Labute approximate surface area is 93.9 Å². The summed E-state index contributed by atoms with van der Waals surface area (Å²) in [5, 5.41) is 8.87. The van der Waals surface area contributed by atoms with Crippen LogP contribution in [0.3, 0.4) is 0 Å². The molecule has 0 aromatic carbocycles. The van der Waals surface area contributed by atoms with E-state index in [-0.39, 0.29) is 5.41 Å². The van der Waals surface area contributed by atoms with E-state index in [4.69, 9.17) is 5.11 Å². The van der Waals surface area contributed by atoms with Gasteiger partial charge in [-0.1, -0.05) is 13.3 Å². The molecule has 1 aliphatic carbocycles. The molecule has 0 spiro atoms. The van der Waals surface area contributed by atoms with Crippen LogP contribution in [0.2, 0.25) is 0 Å². The summed E-state index contributed by atoms with van der Waals surface area (Å²) in [6.45, 7) is 2.17. The van der Waals surface area contributed by atoms with Crippen LogP contribution in [0.25, 0.3) is 0 Å². The highest BCUT2D eigenvalue weighted by atomic mass is 32.1. The topological polar surface area (TPSA) is 37.3 Å². The summed E-state index contributed by atoms with van der Waals surface area (Å²) in [7, 11) is 0. The van der Waals surface area contributed by atoms with Crippen LogP contribution in [0.1, 0.15) is 42.4 Å². The van der Waals surface area contributed by atoms with Crippen LogP contribution < -0.4 is 0 Å². The lowest BCUT2D eigenvalue weighted by Gasteiger charge is -2.08. The molecule has 1 heterocycles. The van der Waals surface area contributed by atoms with Gasteiger partial charge < -0.3 is 5.11 Å². The van der Waals surface area contributed by atoms with Gasteiger partial charge in [0.25, 0.3) is 0 Å². The molecule has 0 radical (unpaired) electrons. The highest BCUT2D eigenvalue weighted by Crippen LogP contribution is 2.53. The normalized spacial score (nSPS) is 17.7. The van der Waals surface area contributed by atoms with E-state index < -0.39 is 5.97 Å². The Kier molecular flexibility index (Phi) is 2.83. The molecule has 1 saturated carbocycles. The fourth-order valence-corrected chi connectivity index (χ4v) is 3.35. The second-order valence-electron chi connectivity index (χ2n) is 4.37. The zero-order valence-electron chi connectivity index (χ0n) is 8.95. The van der Waals surface area contributed by atoms with Gasteiger partial charge in [0.1, 0.15) is 0 Å². The first-order valence-corrected chi connectivity index (χ1v) is 6.29. The van der Waals surface area contributed by atoms with E-state index >= 15 is 0 Å². The second-order valence-corrected chi connectivity index (χ2v) is 5.54. The van der Waals surface area contributed by atoms with Crippen molar-refractivity contribution in [2.24, 2.45) is 0 Å². The number of carboxylic acids is 1. The quantitative estimate of drug-likeness (QED) is 0.834. The van der Waals surface area contributed by atoms with Crippen molar-refractivity contribution in [3.05, 3.63) is 21.9 Å². The second kappa shape index (κ2) is 3.97. The molecule has 0 saturated heterocycles. The van der Waals surface area contributed by atoms with Crippen LogP contribution in [0.5, 0.6) is 0 Å². The molecule has 1 aromatic rings. The van der Waals surface area contributed by atoms with E-state index in [2.05, 4.69) is 19.1 Å². The number of aryl methyl sites for hydroxylation is 1. The Morgan fingerprint density at radius 3 is 2.80 bits per heavy atom. The molecular weight excluding hydrogens is 208 g/mol. The monoisotopic (exact) mass is 224 g/mol. The van der Waals surface area contributed by atoms with Gasteiger partial charge in [0.05, 0.1) is 6.42 Å². The summed E-state index contributed by atoms with van der Waals surface area (Å²) in [5.74, 6) is -0.669. The minimum absolute atomic E-state index is 0.00247. The zero-order valence-corrected chi connectivity index (χ0v) is 9.77. The maximum atomic E-state index is 10.8. The SMILES string of the molecule is CCCc1ccc(C2(CC(=O)O)CC2)s1. The van der Waals surface area contributed by atoms with Gasteiger partial charge in [-0.15, -0.1) is 11.3 Å². The number of carboxylic acid groups (broad SMARTS) is 1. The minimum atomic E-state index is -0.669. The number of aliphatic carboxylic acids is 1. The van der Waals surface area contributed by atoms with Crippen molar-refractivity contribution in [3.63, 3.8) is 0 Å². The summed E-state index contributed by atoms with van der Waals surface area (Å²) >= 11 is 1.81. The highest BCUT2D eigenvalue weighted by Gasteiger charge is 2.46. The molecule has 1 aliphatic rings. The largest absolute Gasteiger partial charge is 0.481 e. The van der Waals surface area contributed by atoms with E-state index in [1.807, 2.05) is 0 Å². The predicted octanol–water partition coefficient (Wildman–Crippen LogP) is 3.21. The average Bonchev–Trinajstić information content (AvgIpc) is 2.77. The standard InChI is InChI=1S/C12H16O2S/c1-2-3-9-4-5-10(15-9)12(6-7-12)8-11(13)14/h4-5H,2-3,6-8H2,1H3,(H,13,14). The van der Waals surface area contributed by atoms with Gasteiger partial charge in [0.15, 0.2) is 0 Å². The van der Waals surface area contributed by atoms with Crippen molar-refractivity contribution in [1.29, 1.82) is 0 Å². The van der Waals surface area contributed by atoms with Crippen LogP contribution in [-0.2, 0) is 16.6 Å². The third-order valence-electron chi connectivity index (χ3n) is 3.02. The molecule has 0 atom stereocenters. The molecule has 3 heteroatoms. The summed E-state index contributed by atoms with van der Waals surface area (Å²) in [6, 6.07) is 4.29. The zero-order chi connectivity index (χ0) is 10.9. The lowest BCUT2D eigenvalue weighted by Crippen LogP contribution is -2.11. The Morgan fingerprint density at radius 1 is 1.53 bits per heavy atom. The first-order chi connectivity index (χ1) is 7.16. The lowest BCUT2D eigenvalue weighted by molar-refractivity contribution is -0.137. The fourth-order valence-electron chi connectivity index (χ4n) is 1.99. The van der Waals surface area contributed by atoms with Crippen molar-refractivity contribution in [2.75, 3.05) is 0 Å². The Hall–Kier alpha value is -0.830. The first kappa shape index (κ1) is 10.7. The molecule has 0 amide bonds. The van der Waals surface area contributed by atoms with Gasteiger partial charge in [0, 0.05) is 15.2 Å². The molecule has 82 valence electrons. The van der Waals surface area contributed by atoms with Crippen LogP contribution in [0.4, 0.5) is 0 Å². The van der Waals surface area contributed by atoms with E-state index in [9.17, 15) is 4.79 Å². The van der Waals surface area contributed by atoms with E-state index in [1.165, 1.54) is 9.75 Å². The average molecular weight is 224 g/mol. The van der Waals surface area contributed by atoms with Crippen molar-refractivity contribution in [3.8, 4) is 0 Å².